The monoisotopic (exact) mass is 222 g/mol. The van der Waals surface area contributed by atoms with Crippen molar-refractivity contribution in [2.24, 2.45) is 5.92 Å². The summed E-state index contributed by atoms with van der Waals surface area (Å²) in [6, 6.07) is 4.07. The first-order valence-corrected chi connectivity index (χ1v) is 5.57. The standard InChI is InChI=1S/C13H15ClO/c1-8(2)10-5-11-4-9(3)7-15-13(11)12(14)6-10/h5-6,9H,1,4,7H2,2-3H3. The Hall–Kier alpha value is -0.950. The molecule has 15 heavy (non-hydrogen) atoms. The lowest BCUT2D eigenvalue weighted by Crippen LogP contribution is -2.18. The Morgan fingerprint density at radius 3 is 2.93 bits per heavy atom. The summed E-state index contributed by atoms with van der Waals surface area (Å²) in [5, 5.41) is 0.706. The molecular weight excluding hydrogens is 208 g/mol. The van der Waals surface area contributed by atoms with Gasteiger partial charge in [0, 0.05) is 0 Å². The van der Waals surface area contributed by atoms with E-state index in [2.05, 4.69) is 19.6 Å². The van der Waals surface area contributed by atoms with E-state index in [-0.39, 0.29) is 0 Å². The summed E-state index contributed by atoms with van der Waals surface area (Å²) in [4.78, 5) is 0. The van der Waals surface area contributed by atoms with Crippen LogP contribution in [-0.4, -0.2) is 6.61 Å². The second kappa shape index (κ2) is 3.90. The zero-order valence-corrected chi connectivity index (χ0v) is 9.90. The zero-order chi connectivity index (χ0) is 11.0. The topological polar surface area (TPSA) is 9.23 Å². The number of hydrogen-bond acceptors (Lipinski definition) is 1. The second-order valence-corrected chi connectivity index (χ2v) is 4.75. The fourth-order valence-electron chi connectivity index (χ4n) is 1.87. The third-order valence-corrected chi connectivity index (χ3v) is 2.97. The Bertz CT molecular complexity index is 409. The van der Waals surface area contributed by atoms with Crippen LogP contribution in [0.2, 0.25) is 5.02 Å². The van der Waals surface area contributed by atoms with Crippen LogP contribution in [0.5, 0.6) is 5.75 Å². The molecule has 0 radical (unpaired) electrons. The van der Waals surface area contributed by atoms with E-state index in [1.165, 1.54) is 5.56 Å². The van der Waals surface area contributed by atoms with Gasteiger partial charge in [0.25, 0.3) is 0 Å². The number of halogens is 1. The predicted molar refractivity (Wildman–Crippen MR) is 64.5 cm³/mol. The third-order valence-electron chi connectivity index (χ3n) is 2.69. The summed E-state index contributed by atoms with van der Waals surface area (Å²) in [6.45, 7) is 8.87. The van der Waals surface area contributed by atoms with Gasteiger partial charge in [-0.05, 0) is 42.5 Å². The Balaban J connectivity index is 2.48. The zero-order valence-electron chi connectivity index (χ0n) is 9.14. The van der Waals surface area contributed by atoms with Crippen LogP contribution in [0.4, 0.5) is 0 Å². The molecule has 0 saturated heterocycles. The molecule has 0 bridgehead atoms. The Morgan fingerprint density at radius 2 is 2.27 bits per heavy atom. The molecule has 2 heteroatoms. The molecule has 80 valence electrons. The molecule has 0 amide bonds. The van der Waals surface area contributed by atoms with Crippen LogP contribution in [0.1, 0.15) is 25.0 Å². The van der Waals surface area contributed by atoms with Crippen LogP contribution in [0.3, 0.4) is 0 Å². The van der Waals surface area contributed by atoms with E-state index in [1.54, 1.807) is 0 Å². The molecule has 0 N–H and O–H groups in total. The molecule has 1 aliphatic rings. The molecule has 1 heterocycles. The third kappa shape index (κ3) is 2.03. The van der Waals surface area contributed by atoms with Crippen molar-refractivity contribution in [2.45, 2.75) is 20.3 Å². The van der Waals surface area contributed by atoms with E-state index in [0.717, 1.165) is 29.9 Å². The number of rotatable bonds is 1. The van der Waals surface area contributed by atoms with Gasteiger partial charge in [0.15, 0.2) is 0 Å². The second-order valence-electron chi connectivity index (χ2n) is 4.35. The van der Waals surface area contributed by atoms with E-state index >= 15 is 0 Å². The Labute approximate surface area is 95.7 Å². The summed E-state index contributed by atoms with van der Waals surface area (Å²) in [7, 11) is 0. The molecule has 1 nitrogen and oxygen atoms in total. The molecule has 2 rings (SSSR count). The van der Waals surface area contributed by atoms with Crippen molar-refractivity contribution in [1.82, 2.24) is 0 Å². The first-order chi connectivity index (χ1) is 7.08. The van der Waals surface area contributed by atoms with Crippen molar-refractivity contribution < 1.29 is 4.74 Å². The highest BCUT2D eigenvalue weighted by atomic mass is 35.5. The Morgan fingerprint density at radius 1 is 1.53 bits per heavy atom. The maximum atomic E-state index is 6.17. The summed E-state index contributed by atoms with van der Waals surface area (Å²) >= 11 is 6.17. The molecule has 1 unspecified atom stereocenters. The van der Waals surface area contributed by atoms with Gasteiger partial charge in [0.1, 0.15) is 5.75 Å². The number of fused-ring (bicyclic) bond motifs is 1. The molecule has 1 atom stereocenters. The van der Waals surface area contributed by atoms with Crippen molar-refractivity contribution in [2.75, 3.05) is 6.61 Å². The normalized spacial score (nSPS) is 19.3. The molecule has 1 aromatic rings. The number of allylic oxidation sites excluding steroid dienone is 1. The van der Waals surface area contributed by atoms with E-state index in [4.69, 9.17) is 16.3 Å². The summed E-state index contributed by atoms with van der Waals surface area (Å²) in [5.74, 6) is 1.42. The maximum absolute atomic E-state index is 6.17. The molecule has 1 aliphatic heterocycles. The highest BCUT2D eigenvalue weighted by molar-refractivity contribution is 6.32. The minimum absolute atomic E-state index is 0.564. The van der Waals surface area contributed by atoms with Crippen molar-refractivity contribution in [3.8, 4) is 5.75 Å². The van der Waals surface area contributed by atoms with Gasteiger partial charge < -0.3 is 4.74 Å². The first-order valence-electron chi connectivity index (χ1n) is 5.19. The largest absolute Gasteiger partial charge is 0.491 e. The molecule has 0 aromatic heterocycles. The van der Waals surface area contributed by atoms with Gasteiger partial charge in [0.05, 0.1) is 11.6 Å². The highest BCUT2D eigenvalue weighted by Gasteiger charge is 2.19. The van der Waals surface area contributed by atoms with Crippen LogP contribution >= 0.6 is 11.6 Å². The van der Waals surface area contributed by atoms with Gasteiger partial charge in [-0.25, -0.2) is 0 Å². The van der Waals surface area contributed by atoms with Crippen molar-refractivity contribution >= 4 is 17.2 Å². The summed E-state index contributed by atoms with van der Waals surface area (Å²) in [6.07, 6.45) is 1.04. The molecule has 1 aromatic carbocycles. The van der Waals surface area contributed by atoms with Gasteiger partial charge in [-0.2, -0.15) is 0 Å². The van der Waals surface area contributed by atoms with Gasteiger partial charge in [-0.15, -0.1) is 0 Å². The smallest absolute Gasteiger partial charge is 0.141 e. The minimum Gasteiger partial charge on any atom is -0.491 e. The van der Waals surface area contributed by atoms with Crippen molar-refractivity contribution in [3.63, 3.8) is 0 Å². The number of hydrogen-bond donors (Lipinski definition) is 0. The van der Waals surface area contributed by atoms with Crippen LogP contribution < -0.4 is 4.74 Å². The predicted octanol–water partition coefficient (Wildman–Crippen LogP) is 3.94. The molecule has 0 saturated carbocycles. The summed E-state index contributed by atoms with van der Waals surface area (Å²) in [5.41, 5.74) is 3.36. The maximum Gasteiger partial charge on any atom is 0.141 e. The lowest BCUT2D eigenvalue weighted by atomic mass is 9.95. The van der Waals surface area contributed by atoms with Crippen LogP contribution in [0.15, 0.2) is 18.7 Å². The fourth-order valence-corrected chi connectivity index (χ4v) is 2.16. The minimum atomic E-state index is 0.564. The summed E-state index contributed by atoms with van der Waals surface area (Å²) < 4.78 is 5.64. The molecule has 0 aliphatic carbocycles. The number of ether oxygens (including phenoxy) is 1. The van der Waals surface area contributed by atoms with Crippen LogP contribution in [-0.2, 0) is 6.42 Å². The molecular formula is C13H15ClO. The molecule has 0 spiro atoms. The quantitative estimate of drug-likeness (QED) is 0.699. The lowest BCUT2D eigenvalue weighted by Gasteiger charge is -2.24. The lowest BCUT2D eigenvalue weighted by molar-refractivity contribution is 0.234. The van der Waals surface area contributed by atoms with E-state index < -0.39 is 0 Å². The van der Waals surface area contributed by atoms with Crippen LogP contribution in [0, 0.1) is 5.92 Å². The average Bonchev–Trinajstić information content (AvgIpc) is 2.16. The van der Waals surface area contributed by atoms with E-state index in [0.29, 0.717) is 10.9 Å². The fraction of sp³-hybridized carbons (Fsp3) is 0.385. The van der Waals surface area contributed by atoms with Crippen LogP contribution in [0.25, 0.3) is 5.57 Å². The van der Waals surface area contributed by atoms with Gasteiger partial charge in [-0.1, -0.05) is 30.7 Å². The van der Waals surface area contributed by atoms with Gasteiger partial charge >= 0.3 is 0 Å². The number of benzene rings is 1. The van der Waals surface area contributed by atoms with E-state index in [9.17, 15) is 0 Å². The average molecular weight is 223 g/mol. The SMILES string of the molecule is C=C(C)c1cc(Cl)c2c(c1)CC(C)CO2. The van der Waals surface area contributed by atoms with Gasteiger partial charge in [-0.3, -0.25) is 0 Å². The molecule has 0 fully saturated rings. The highest BCUT2D eigenvalue weighted by Crippen LogP contribution is 2.36. The van der Waals surface area contributed by atoms with Gasteiger partial charge in [0.2, 0.25) is 0 Å². The van der Waals surface area contributed by atoms with Crippen molar-refractivity contribution in [3.05, 3.63) is 34.9 Å². The van der Waals surface area contributed by atoms with Crippen molar-refractivity contribution in [1.29, 1.82) is 0 Å². The Kier molecular flexibility index (Phi) is 2.74. The van der Waals surface area contributed by atoms with E-state index in [1.807, 2.05) is 13.0 Å². The first kappa shape index (κ1) is 10.6.